The molecule has 98 valence electrons. The van der Waals surface area contributed by atoms with Crippen LogP contribution in [0, 0.1) is 11.6 Å². The van der Waals surface area contributed by atoms with Gasteiger partial charge in [0.2, 0.25) is 0 Å². The van der Waals surface area contributed by atoms with E-state index in [9.17, 15) is 17.8 Å². The first-order valence-electron chi connectivity index (χ1n) is 5.32. The van der Waals surface area contributed by atoms with Gasteiger partial charge in [0, 0.05) is 35.4 Å². The molecule has 0 atom stereocenters. The zero-order chi connectivity index (χ0) is 13.3. The third-order valence-corrected chi connectivity index (χ3v) is 4.09. The number of carboxylic acids is 1. The molecule has 2 rings (SSSR count). The highest BCUT2D eigenvalue weighted by atomic mass is 32.2. The Labute approximate surface area is 105 Å². The van der Waals surface area contributed by atoms with E-state index in [4.69, 9.17) is 5.11 Å². The van der Waals surface area contributed by atoms with Crippen molar-refractivity contribution in [2.75, 3.05) is 29.5 Å². The van der Waals surface area contributed by atoms with Crippen LogP contribution in [0.15, 0.2) is 12.1 Å². The summed E-state index contributed by atoms with van der Waals surface area (Å²) in [6, 6.07) is 2.29. The Bertz CT molecular complexity index is 511. The van der Waals surface area contributed by atoms with Crippen molar-refractivity contribution in [2.24, 2.45) is 0 Å². The van der Waals surface area contributed by atoms with Crippen LogP contribution in [0.25, 0.3) is 0 Å². The van der Waals surface area contributed by atoms with Crippen molar-refractivity contribution in [3.05, 3.63) is 29.3 Å². The summed E-state index contributed by atoms with van der Waals surface area (Å²) >= 11 is 0. The van der Waals surface area contributed by atoms with E-state index in [1.807, 2.05) is 0 Å². The third-order valence-electron chi connectivity index (χ3n) is 2.81. The second-order valence-corrected chi connectivity index (χ2v) is 5.60. The number of aromatic carboxylic acids is 1. The van der Waals surface area contributed by atoms with Gasteiger partial charge in [-0.15, -0.1) is 0 Å². The van der Waals surface area contributed by atoms with Crippen molar-refractivity contribution in [1.82, 2.24) is 0 Å². The lowest BCUT2D eigenvalue weighted by atomic mass is 10.1. The van der Waals surface area contributed by atoms with Gasteiger partial charge in [-0.05, 0) is 12.1 Å². The number of carboxylic acid groups (broad SMARTS) is 1. The zero-order valence-electron chi connectivity index (χ0n) is 9.36. The van der Waals surface area contributed by atoms with Crippen LogP contribution in [0.2, 0.25) is 0 Å². The minimum Gasteiger partial charge on any atom is -0.478 e. The van der Waals surface area contributed by atoms with Gasteiger partial charge in [-0.25, -0.2) is 13.6 Å². The summed E-state index contributed by atoms with van der Waals surface area (Å²) < 4.78 is 38.4. The van der Waals surface area contributed by atoms with Gasteiger partial charge in [0.25, 0.3) is 0 Å². The molecule has 0 saturated carbocycles. The maximum Gasteiger partial charge on any atom is 0.338 e. The maximum atomic E-state index is 13.7. The zero-order valence-corrected chi connectivity index (χ0v) is 10.2. The monoisotopic (exact) mass is 275 g/mol. The average Bonchev–Trinajstić information content (AvgIpc) is 2.33. The Hall–Kier alpha value is -1.50. The van der Waals surface area contributed by atoms with Gasteiger partial charge >= 0.3 is 5.97 Å². The maximum absolute atomic E-state index is 13.7. The molecule has 0 aromatic heterocycles. The molecule has 1 aromatic carbocycles. The van der Waals surface area contributed by atoms with Gasteiger partial charge in [0.05, 0.1) is 11.3 Å². The predicted molar refractivity (Wildman–Crippen MR) is 63.4 cm³/mol. The van der Waals surface area contributed by atoms with E-state index in [-0.39, 0.29) is 5.69 Å². The number of halogens is 2. The quantitative estimate of drug-likeness (QED) is 0.882. The summed E-state index contributed by atoms with van der Waals surface area (Å²) in [7, 11) is -0.910. The van der Waals surface area contributed by atoms with E-state index in [1.165, 1.54) is 6.07 Å². The fourth-order valence-corrected chi connectivity index (χ4v) is 2.88. The molecular weight excluding hydrogens is 264 g/mol. The van der Waals surface area contributed by atoms with E-state index >= 15 is 0 Å². The summed E-state index contributed by atoms with van der Waals surface area (Å²) in [5.41, 5.74) is -0.661. The molecule has 0 radical (unpaired) electrons. The van der Waals surface area contributed by atoms with Gasteiger partial charge in [0.1, 0.15) is 0 Å². The van der Waals surface area contributed by atoms with Gasteiger partial charge in [-0.3, -0.25) is 4.21 Å². The van der Waals surface area contributed by atoms with Crippen molar-refractivity contribution in [1.29, 1.82) is 0 Å². The van der Waals surface area contributed by atoms with Crippen LogP contribution in [-0.2, 0) is 10.8 Å². The highest BCUT2D eigenvalue weighted by Crippen LogP contribution is 2.25. The van der Waals surface area contributed by atoms with E-state index in [0.29, 0.717) is 24.6 Å². The Balaban J connectivity index is 2.32. The molecule has 1 aromatic rings. The first kappa shape index (κ1) is 12.9. The third kappa shape index (κ3) is 2.35. The van der Waals surface area contributed by atoms with Crippen LogP contribution < -0.4 is 4.90 Å². The Morgan fingerprint density at radius 2 is 1.83 bits per heavy atom. The number of hydrogen-bond donors (Lipinski definition) is 1. The van der Waals surface area contributed by atoms with Crippen molar-refractivity contribution in [3.63, 3.8) is 0 Å². The second-order valence-electron chi connectivity index (χ2n) is 3.90. The fraction of sp³-hybridized carbons (Fsp3) is 0.364. The highest BCUT2D eigenvalue weighted by molar-refractivity contribution is 7.85. The van der Waals surface area contributed by atoms with Gasteiger partial charge in [-0.1, -0.05) is 0 Å². The molecule has 7 heteroatoms. The number of benzene rings is 1. The summed E-state index contributed by atoms with van der Waals surface area (Å²) in [5, 5.41) is 8.67. The van der Waals surface area contributed by atoms with Crippen molar-refractivity contribution in [3.8, 4) is 0 Å². The molecule has 1 N–H and O–H groups in total. The molecule has 1 aliphatic rings. The van der Waals surface area contributed by atoms with E-state index in [2.05, 4.69) is 0 Å². The molecule has 1 saturated heterocycles. The van der Waals surface area contributed by atoms with E-state index in [0.717, 1.165) is 6.07 Å². The largest absolute Gasteiger partial charge is 0.478 e. The summed E-state index contributed by atoms with van der Waals surface area (Å²) in [6.45, 7) is 0.741. The van der Waals surface area contributed by atoms with Crippen LogP contribution in [-0.4, -0.2) is 39.9 Å². The topological polar surface area (TPSA) is 57.6 Å². The Morgan fingerprint density at radius 3 is 2.39 bits per heavy atom. The summed E-state index contributed by atoms with van der Waals surface area (Å²) in [4.78, 5) is 12.2. The van der Waals surface area contributed by atoms with E-state index < -0.39 is 34.0 Å². The fourth-order valence-electron chi connectivity index (χ4n) is 1.83. The molecule has 0 spiro atoms. The van der Waals surface area contributed by atoms with Gasteiger partial charge in [-0.2, -0.15) is 0 Å². The predicted octanol–water partition coefficient (Wildman–Crippen LogP) is 1.23. The molecule has 1 fully saturated rings. The SMILES string of the molecule is O=C(O)c1ccc(N2CCS(=O)CC2)c(F)c1F. The standard InChI is InChI=1S/C11H11F2NO3S/c12-9-7(11(15)16)1-2-8(10(9)13)14-3-5-18(17)6-4-14/h1-2H,3-6H2,(H,15,16). The number of carbonyl (C=O) groups is 1. The first-order chi connectivity index (χ1) is 8.50. The summed E-state index contributed by atoms with van der Waals surface area (Å²) in [5.74, 6) is -3.21. The molecule has 1 aliphatic heterocycles. The number of rotatable bonds is 2. The normalized spacial score (nSPS) is 16.9. The van der Waals surface area contributed by atoms with Gasteiger partial charge < -0.3 is 10.0 Å². The molecule has 0 bridgehead atoms. The van der Waals surface area contributed by atoms with Crippen LogP contribution in [0.3, 0.4) is 0 Å². The van der Waals surface area contributed by atoms with Gasteiger partial charge in [0.15, 0.2) is 11.6 Å². The lowest BCUT2D eigenvalue weighted by Crippen LogP contribution is -2.38. The second kappa shape index (κ2) is 5.01. The molecule has 0 aliphatic carbocycles. The Kier molecular flexibility index (Phi) is 3.60. The lowest BCUT2D eigenvalue weighted by Gasteiger charge is -2.28. The number of hydrogen-bond acceptors (Lipinski definition) is 3. The van der Waals surface area contributed by atoms with Crippen LogP contribution in [0.1, 0.15) is 10.4 Å². The van der Waals surface area contributed by atoms with Crippen LogP contribution >= 0.6 is 0 Å². The first-order valence-corrected chi connectivity index (χ1v) is 6.80. The minimum absolute atomic E-state index is 0.0224. The molecule has 4 nitrogen and oxygen atoms in total. The van der Waals surface area contributed by atoms with Crippen LogP contribution in [0.4, 0.5) is 14.5 Å². The van der Waals surface area contributed by atoms with E-state index in [1.54, 1.807) is 4.90 Å². The van der Waals surface area contributed by atoms with Crippen LogP contribution in [0.5, 0.6) is 0 Å². The molecule has 0 amide bonds. The van der Waals surface area contributed by atoms with Crippen molar-refractivity contribution < 1.29 is 22.9 Å². The minimum atomic E-state index is -1.50. The average molecular weight is 275 g/mol. The molecular formula is C11H11F2NO3S. The summed E-state index contributed by atoms with van der Waals surface area (Å²) in [6.07, 6.45) is 0. The van der Waals surface area contributed by atoms with Crippen molar-refractivity contribution >= 4 is 22.5 Å². The van der Waals surface area contributed by atoms with Crippen molar-refractivity contribution in [2.45, 2.75) is 0 Å². The molecule has 0 unspecified atom stereocenters. The Morgan fingerprint density at radius 1 is 1.22 bits per heavy atom. The number of nitrogens with zero attached hydrogens (tertiary/aromatic N) is 1. The molecule has 18 heavy (non-hydrogen) atoms. The lowest BCUT2D eigenvalue weighted by molar-refractivity contribution is 0.0690. The number of anilines is 1. The smallest absolute Gasteiger partial charge is 0.338 e. The molecule has 1 heterocycles. The highest BCUT2D eigenvalue weighted by Gasteiger charge is 2.23.